The number of carboxylic acids is 1. The average molecular weight is 198 g/mol. The highest BCUT2D eigenvalue weighted by molar-refractivity contribution is 6.61. The standard InChI is InChI=1S/C9H15BO4/c1-6(7(11)12)10-13-8(2,3)9(4,5)14-10/h1H2,2-5H3,(H,11,12). The van der Waals surface area contributed by atoms with Crippen LogP contribution >= 0.6 is 0 Å². The van der Waals surface area contributed by atoms with E-state index in [0.717, 1.165) is 0 Å². The molecule has 0 bridgehead atoms. The normalized spacial score (nSPS) is 23.6. The fourth-order valence-electron chi connectivity index (χ4n) is 1.09. The summed E-state index contributed by atoms with van der Waals surface area (Å²) >= 11 is 0. The van der Waals surface area contributed by atoms with Crippen molar-refractivity contribution in [3.63, 3.8) is 0 Å². The Morgan fingerprint density at radius 3 is 1.86 bits per heavy atom. The smallest absolute Gasteiger partial charge is 0.478 e. The van der Waals surface area contributed by atoms with E-state index in [1.807, 2.05) is 27.7 Å². The second kappa shape index (κ2) is 3.10. The highest BCUT2D eigenvalue weighted by Gasteiger charge is 2.53. The molecule has 4 nitrogen and oxygen atoms in total. The average Bonchev–Trinajstić information content (AvgIpc) is 2.20. The van der Waals surface area contributed by atoms with Gasteiger partial charge >= 0.3 is 13.1 Å². The number of rotatable bonds is 2. The van der Waals surface area contributed by atoms with Gasteiger partial charge in [0, 0.05) is 0 Å². The number of hydrogen-bond donors (Lipinski definition) is 1. The van der Waals surface area contributed by atoms with E-state index in [2.05, 4.69) is 6.58 Å². The van der Waals surface area contributed by atoms with Crippen molar-refractivity contribution in [1.82, 2.24) is 0 Å². The largest absolute Gasteiger partial charge is 0.501 e. The molecule has 0 aliphatic carbocycles. The Balaban J connectivity index is 2.83. The minimum Gasteiger partial charge on any atom is -0.478 e. The first-order valence-corrected chi connectivity index (χ1v) is 4.45. The zero-order chi connectivity index (χ0) is 11.1. The lowest BCUT2D eigenvalue weighted by Gasteiger charge is -2.32. The van der Waals surface area contributed by atoms with Gasteiger partial charge in [-0.1, -0.05) is 6.58 Å². The van der Waals surface area contributed by atoms with E-state index < -0.39 is 24.3 Å². The summed E-state index contributed by atoms with van der Waals surface area (Å²) in [6.07, 6.45) is 0. The van der Waals surface area contributed by atoms with Gasteiger partial charge in [0.1, 0.15) is 0 Å². The Kier molecular flexibility index (Phi) is 2.50. The second-order valence-corrected chi connectivity index (χ2v) is 4.42. The van der Waals surface area contributed by atoms with Crippen LogP contribution in [0.25, 0.3) is 0 Å². The molecule has 1 rings (SSSR count). The van der Waals surface area contributed by atoms with Gasteiger partial charge in [-0.3, -0.25) is 0 Å². The summed E-state index contributed by atoms with van der Waals surface area (Å²) in [4.78, 5) is 10.6. The number of carbonyl (C=O) groups is 1. The van der Waals surface area contributed by atoms with Crippen molar-refractivity contribution in [3.05, 3.63) is 12.1 Å². The van der Waals surface area contributed by atoms with Gasteiger partial charge in [0.05, 0.1) is 16.7 Å². The molecule has 0 atom stereocenters. The van der Waals surface area contributed by atoms with Crippen LogP contribution in [-0.2, 0) is 14.1 Å². The lowest BCUT2D eigenvalue weighted by atomic mass is 9.79. The van der Waals surface area contributed by atoms with Gasteiger partial charge in [0.2, 0.25) is 0 Å². The highest BCUT2D eigenvalue weighted by Crippen LogP contribution is 2.38. The Bertz CT molecular complexity index is 267. The van der Waals surface area contributed by atoms with Gasteiger partial charge in [0.25, 0.3) is 0 Å². The molecule has 0 aromatic rings. The maximum Gasteiger partial charge on any atom is 0.501 e. The van der Waals surface area contributed by atoms with E-state index in [0.29, 0.717) is 0 Å². The molecule has 0 radical (unpaired) electrons. The molecular formula is C9H15BO4. The third-order valence-corrected chi connectivity index (χ3v) is 2.81. The maximum atomic E-state index is 10.6. The van der Waals surface area contributed by atoms with Crippen LogP contribution in [0.15, 0.2) is 12.1 Å². The summed E-state index contributed by atoms with van der Waals surface area (Å²) in [7, 11) is -0.850. The van der Waals surface area contributed by atoms with Crippen LogP contribution in [-0.4, -0.2) is 29.4 Å². The summed E-state index contributed by atoms with van der Waals surface area (Å²) in [6, 6.07) is 0. The fraction of sp³-hybridized carbons (Fsp3) is 0.667. The monoisotopic (exact) mass is 198 g/mol. The van der Waals surface area contributed by atoms with Gasteiger partial charge in [-0.2, -0.15) is 0 Å². The van der Waals surface area contributed by atoms with Crippen molar-refractivity contribution in [2.45, 2.75) is 38.9 Å². The molecule has 0 amide bonds. The van der Waals surface area contributed by atoms with Crippen LogP contribution in [0.4, 0.5) is 0 Å². The summed E-state index contributed by atoms with van der Waals surface area (Å²) in [5, 5.41) is 8.72. The first kappa shape index (κ1) is 11.3. The van der Waals surface area contributed by atoms with Gasteiger partial charge < -0.3 is 14.4 Å². The molecule has 0 aromatic heterocycles. The summed E-state index contributed by atoms with van der Waals surface area (Å²) in [5.41, 5.74) is -1.10. The molecular weight excluding hydrogens is 183 g/mol. The third-order valence-electron chi connectivity index (χ3n) is 2.81. The molecule has 1 aliphatic rings. The fourth-order valence-corrected chi connectivity index (χ4v) is 1.09. The Labute approximate surface area is 84.0 Å². The third kappa shape index (κ3) is 1.70. The molecule has 0 aromatic carbocycles. The molecule has 1 saturated heterocycles. The van der Waals surface area contributed by atoms with Crippen LogP contribution in [0.1, 0.15) is 27.7 Å². The molecule has 5 heteroatoms. The minimum atomic E-state index is -1.09. The molecule has 1 fully saturated rings. The predicted octanol–water partition coefficient (Wildman–Crippen LogP) is 1.26. The summed E-state index contributed by atoms with van der Waals surface area (Å²) in [6.45, 7) is 10.9. The first-order chi connectivity index (χ1) is 6.17. The molecule has 0 saturated carbocycles. The molecule has 78 valence electrons. The van der Waals surface area contributed by atoms with Gasteiger partial charge in [-0.05, 0) is 27.7 Å². The van der Waals surface area contributed by atoms with Crippen molar-refractivity contribution < 1.29 is 19.2 Å². The van der Waals surface area contributed by atoms with Crippen LogP contribution in [0.2, 0.25) is 0 Å². The molecule has 1 N–H and O–H groups in total. The van der Waals surface area contributed by atoms with E-state index in [4.69, 9.17) is 14.4 Å². The van der Waals surface area contributed by atoms with E-state index in [-0.39, 0.29) is 5.47 Å². The topological polar surface area (TPSA) is 55.8 Å². The molecule has 0 unspecified atom stereocenters. The van der Waals surface area contributed by atoms with E-state index >= 15 is 0 Å². The highest BCUT2D eigenvalue weighted by atomic mass is 16.7. The van der Waals surface area contributed by atoms with E-state index in [1.54, 1.807) is 0 Å². The zero-order valence-corrected chi connectivity index (χ0v) is 8.96. The summed E-state index contributed by atoms with van der Waals surface area (Å²) < 4.78 is 11.0. The van der Waals surface area contributed by atoms with Crippen molar-refractivity contribution in [1.29, 1.82) is 0 Å². The maximum absolute atomic E-state index is 10.6. The Hall–Kier alpha value is -0.805. The number of carboxylic acid groups (broad SMARTS) is 1. The lowest BCUT2D eigenvalue weighted by Crippen LogP contribution is -2.41. The lowest BCUT2D eigenvalue weighted by molar-refractivity contribution is -0.132. The quantitative estimate of drug-likeness (QED) is 0.536. The van der Waals surface area contributed by atoms with Gasteiger partial charge in [-0.25, -0.2) is 4.79 Å². The second-order valence-electron chi connectivity index (χ2n) is 4.42. The number of aliphatic carboxylic acids is 1. The molecule has 1 aliphatic heterocycles. The Morgan fingerprint density at radius 2 is 1.57 bits per heavy atom. The molecule has 1 heterocycles. The van der Waals surface area contributed by atoms with Crippen LogP contribution < -0.4 is 0 Å². The van der Waals surface area contributed by atoms with Crippen molar-refractivity contribution in [3.8, 4) is 0 Å². The summed E-state index contributed by atoms with van der Waals surface area (Å²) in [5.74, 6) is -1.09. The SMILES string of the molecule is C=C(B1OC(C)(C)C(C)(C)O1)C(=O)O. The van der Waals surface area contributed by atoms with Crippen molar-refractivity contribution in [2.75, 3.05) is 0 Å². The Morgan fingerprint density at radius 1 is 1.21 bits per heavy atom. The van der Waals surface area contributed by atoms with Crippen LogP contribution in [0.5, 0.6) is 0 Å². The van der Waals surface area contributed by atoms with Crippen molar-refractivity contribution in [2.24, 2.45) is 0 Å². The number of hydrogen-bond acceptors (Lipinski definition) is 3. The van der Waals surface area contributed by atoms with E-state index in [9.17, 15) is 4.79 Å². The van der Waals surface area contributed by atoms with E-state index in [1.165, 1.54) is 0 Å². The van der Waals surface area contributed by atoms with Crippen LogP contribution in [0, 0.1) is 0 Å². The predicted molar refractivity (Wildman–Crippen MR) is 52.9 cm³/mol. The minimum absolute atomic E-state index is 0.0661. The first-order valence-electron chi connectivity index (χ1n) is 4.45. The molecule has 14 heavy (non-hydrogen) atoms. The van der Waals surface area contributed by atoms with Crippen LogP contribution in [0.3, 0.4) is 0 Å². The molecule has 0 spiro atoms. The van der Waals surface area contributed by atoms with Gasteiger partial charge in [-0.15, -0.1) is 0 Å². The van der Waals surface area contributed by atoms with Gasteiger partial charge in [0.15, 0.2) is 0 Å². The van der Waals surface area contributed by atoms with Crippen molar-refractivity contribution >= 4 is 13.1 Å². The zero-order valence-electron chi connectivity index (χ0n) is 8.96.